The molecule has 85 heavy (non-hydrogen) atoms. The van der Waals surface area contributed by atoms with Crippen molar-refractivity contribution in [1.29, 1.82) is 0 Å². The molecule has 1 saturated heterocycles. The van der Waals surface area contributed by atoms with Gasteiger partial charge in [-0.3, -0.25) is 9.59 Å². The van der Waals surface area contributed by atoms with Crippen LogP contribution in [-0.4, -0.2) is 99.6 Å². The number of aliphatic hydroxyl groups is 5. The molecule has 11 heteroatoms. The van der Waals surface area contributed by atoms with E-state index in [1.807, 2.05) is 6.08 Å². The van der Waals surface area contributed by atoms with E-state index in [1.165, 1.54) is 173 Å². The van der Waals surface area contributed by atoms with E-state index in [4.69, 9.17) is 14.2 Å². The molecular weight excluding hydrogens is 1060 g/mol. The van der Waals surface area contributed by atoms with Gasteiger partial charge in [0.1, 0.15) is 24.4 Å². The number of rotatable bonds is 61. The Labute approximate surface area is 521 Å². The van der Waals surface area contributed by atoms with Crippen molar-refractivity contribution in [2.75, 3.05) is 13.2 Å². The normalized spacial score (nSPS) is 18.8. The van der Waals surface area contributed by atoms with Crippen molar-refractivity contribution in [3.63, 3.8) is 0 Å². The standard InChI is InChI=1S/C74H133NO10/c1-4-7-10-13-16-19-22-24-26-28-30-32-34-36-38-40-42-44-47-50-53-56-59-62-69(79)85-72-71(81)70(80)68(63-76)84-74(72)83-64-65(66(77)60-57-54-51-48-45-21-18-15-12-9-6-3)75-73(82)67(78)61-58-55-52-49-46-43-41-39-37-35-33-31-29-27-25-23-20-17-14-11-8-5-2/h16,19,24-27,30,32,36,38,57,60,65-68,70-72,74,76-78,80-81H,4-15,17-18,20-23,28-29,31,33-35,37,39-56,58-59,61-64H2,1-3H3,(H,75,82)/b19-16-,26-24-,27-25+,32-30-,38-36-,60-57+. The van der Waals surface area contributed by atoms with Gasteiger partial charge in [0.15, 0.2) is 12.4 Å². The number of esters is 1. The second-order valence-electron chi connectivity index (χ2n) is 24.6. The van der Waals surface area contributed by atoms with Crippen LogP contribution in [0.5, 0.6) is 0 Å². The molecule has 0 aliphatic carbocycles. The molecule has 11 nitrogen and oxygen atoms in total. The Morgan fingerprint density at radius 3 is 1.25 bits per heavy atom. The molecular formula is C74H133NO10. The van der Waals surface area contributed by atoms with Gasteiger partial charge >= 0.3 is 5.97 Å². The molecule has 0 saturated carbocycles. The molecule has 1 aliphatic heterocycles. The third-order valence-electron chi connectivity index (χ3n) is 16.6. The zero-order valence-electron chi connectivity index (χ0n) is 55.0. The number of carbonyl (C=O) groups is 2. The lowest BCUT2D eigenvalue weighted by Gasteiger charge is -2.41. The van der Waals surface area contributed by atoms with Crippen molar-refractivity contribution in [3.05, 3.63) is 72.9 Å². The first kappa shape index (κ1) is 80.1. The van der Waals surface area contributed by atoms with E-state index in [0.717, 1.165) is 103 Å². The average Bonchev–Trinajstić information content (AvgIpc) is 2.90. The van der Waals surface area contributed by atoms with Crippen LogP contribution in [0.3, 0.4) is 0 Å². The Bertz CT molecular complexity index is 1660. The van der Waals surface area contributed by atoms with Gasteiger partial charge in [-0.15, -0.1) is 0 Å². The van der Waals surface area contributed by atoms with Crippen LogP contribution in [0.1, 0.15) is 323 Å². The molecule has 0 spiro atoms. The van der Waals surface area contributed by atoms with Crippen molar-refractivity contribution in [2.24, 2.45) is 0 Å². The molecule has 0 radical (unpaired) electrons. The third-order valence-corrected chi connectivity index (χ3v) is 16.6. The summed E-state index contributed by atoms with van der Waals surface area (Å²) in [4.78, 5) is 26.7. The summed E-state index contributed by atoms with van der Waals surface area (Å²) in [7, 11) is 0. The molecule has 1 amide bonds. The van der Waals surface area contributed by atoms with E-state index in [9.17, 15) is 35.1 Å². The summed E-state index contributed by atoms with van der Waals surface area (Å²) < 4.78 is 17.7. The highest BCUT2D eigenvalue weighted by atomic mass is 16.7. The Kier molecular flexibility index (Phi) is 57.8. The first-order valence-electron chi connectivity index (χ1n) is 35.7. The van der Waals surface area contributed by atoms with Gasteiger partial charge in [0.25, 0.3) is 0 Å². The largest absolute Gasteiger partial charge is 0.454 e. The number of aliphatic hydroxyl groups excluding tert-OH is 5. The summed E-state index contributed by atoms with van der Waals surface area (Å²) in [6, 6.07) is -1.03. The minimum atomic E-state index is -1.62. The molecule has 1 fully saturated rings. The van der Waals surface area contributed by atoms with E-state index < -0.39 is 67.4 Å². The molecule has 0 aromatic rings. The van der Waals surface area contributed by atoms with Crippen molar-refractivity contribution in [1.82, 2.24) is 5.32 Å². The van der Waals surface area contributed by atoms with Crippen LogP contribution in [-0.2, 0) is 23.8 Å². The monoisotopic (exact) mass is 1200 g/mol. The summed E-state index contributed by atoms with van der Waals surface area (Å²) in [5, 5.41) is 57.2. The quantitative estimate of drug-likeness (QED) is 0.0195. The minimum absolute atomic E-state index is 0.110. The Morgan fingerprint density at radius 1 is 0.459 bits per heavy atom. The van der Waals surface area contributed by atoms with Gasteiger partial charge in [0.05, 0.1) is 25.4 Å². The van der Waals surface area contributed by atoms with E-state index in [1.54, 1.807) is 6.08 Å². The van der Waals surface area contributed by atoms with Crippen molar-refractivity contribution in [2.45, 2.75) is 372 Å². The second-order valence-corrected chi connectivity index (χ2v) is 24.6. The second kappa shape index (κ2) is 61.3. The molecule has 8 atom stereocenters. The molecule has 6 N–H and O–H groups in total. The van der Waals surface area contributed by atoms with Gasteiger partial charge in [-0.25, -0.2) is 0 Å². The van der Waals surface area contributed by atoms with Gasteiger partial charge in [0, 0.05) is 6.42 Å². The number of unbranched alkanes of at least 4 members (excludes halogenated alkanes) is 37. The van der Waals surface area contributed by atoms with E-state index in [2.05, 4.69) is 86.8 Å². The number of nitrogens with one attached hydrogen (secondary N) is 1. The van der Waals surface area contributed by atoms with Gasteiger partial charge < -0.3 is 45.1 Å². The Hall–Kier alpha value is -2.90. The van der Waals surface area contributed by atoms with Crippen LogP contribution in [0.2, 0.25) is 0 Å². The molecule has 8 unspecified atom stereocenters. The van der Waals surface area contributed by atoms with Crippen molar-refractivity contribution >= 4 is 11.9 Å². The summed E-state index contributed by atoms with van der Waals surface area (Å²) in [6.45, 7) is 5.78. The van der Waals surface area contributed by atoms with E-state index >= 15 is 0 Å². The van der Waals surface area contributed by atoms with Crippen LogP contribution in [0.15, 0.2) is 72.9 Å². The first-order chi connectivity index (χ1) is 41.7. The summed E-state index contributed by atoms with van der Waals surface area (Å²) in [5.74, 6) is -1.20. The topological polar surface area (TPSA) is 175 Å². The SMILES string of the molecule is CCCCC/C=C\C/C=C\C/C=C\C/C=C\CCCCCCCCCC(=O)OC1C(OCC(NC(=O)C(O)CCCCCCCCCCCCCC/C=C/CCCCCCCC)C(O)/C=C/CCCCCCCCCCC)OC(CO)C(O)C1O. The Morgan fingerprint density at radius 2 is 0.812 bits per heavy atom. The zero-order chi connectivity index (χ0) is 61.7. The molecule has 1 aliphatic rings. The minimum Gasteiger partial charge on any atom is -0.454 e. The predicted octanol–water partition coefficient (Wildman–Crippen LogP) is 18.3. The fourth-order valence-electron chi connectivity index (χ4n) is 10.9. The zero-order valence-corrected chi connectivity index (χ0v) is 55.0. The smallest absolute Gasteiger partial charge is 0.306 e. The first-order valence-corrected chi connectivity index (χ1v) is 35.7. The number of hydrogen-bond donors (Lipinski definition) is 6. The van der Waals surface area contributed by atoms with Crippen molar-refractivity contribution in [3.8, 4) is 0 Å². The van der Waals surface area contributed by atoms with Crippen LogP contribution in [0.4, 0.5) is 0 Å². The van der Waals surface area contributed by atoms with Gasteiger partial charge in [-0.1, -0.05) is 293 Å². The maximum absolute atomic E-state index is 13.5. The summed E-state index contributed by atoms with van der Waals surface area (Å²) in [6.07, 6.45) is 69.4. The van der Waals surface area contributed by atoms with Crippen LogP contribution < -0.4 is 5.32 Å². The highest BCUT2D eigenvalue weighted by molar-refractivity contribution is 5.80. The highest BCUT2D eigenvalue weighted by Crippen LogP contribution is 2.26. The molecule has 1 heterocycles. The highest BCUT2D eigenvalue weighted by Gasteiger charge is 2.47. The summed E-state index contributed by atoms with van der Waals surface area (Å²) >= 11 is 0. The van der Waals surface area contributed by atoms with E-state index in [-0.39, 0.29) is 19.4 Å². The van der Waals surface area contributed by atoms with Crippen LogP contribution in [0.25, 0.3) is 0 Å². The third kappa shape index (κ3) is 48.7. The maximum Gasteiger partial charge on any atom is 0.306 e. The molecule has 1 rings (SSSR count). The fourth-order valence-corrected chi connectivity index (χ4v) is 10.9. The van der Waals surface area contributed by atoms with E-state index in [0.29, 0.717) is 12.8 Å². The number of ether oxygens (including phenoxy) is 3. The molecule has 0 aromatic heterocycles. The predicted molar refractivity (Wildman–Crippen MR) is 356 cm³/mol. The molecule has 0 aromatic carbocycles. The van der Waals surface area contributed by atoms with Crippen molar-refractivity contribution < 1.29 is 49.3 Å². The van der Waals surface area contributed by atoms with Gasteiger partial charge in [-0.05, 0) is 96.3 Å². The number of carbonyl (C=O) groups excluding carboxylic acids is 2. The maximum atomic E-state index is 13.5. The van der Waals surface area contributed by atoms with Crippen LogP contribution in [0, 0.1) is 0 Å². The lowest BCUT2D eigenvalue weighted by molar-refractivity contribution is -0.305. The van der Waals surface area contributed by atoms with Gasteiger partial charge in [0.2, 0.25) is 5.91 Å². The lowest BCUT2D eigenvalue weighted by Crippen LogP contribution is -2.61. The molecule has 0 bridgehead atoms. The fraction of sp³-hybridized carbons (Fsp3) is 0.811. The molecule has 494 valence electrons. The number of allylic oxidation sites excluding steroid dienone is 11. The number of hydrogen-bond acceptors (Lipinski definition) is 10. The van der Waals surface area contributed by atoms with Gasteiger partial charge in [-0.2, -0.15) is 0 Å². The lowest BCUT2D eigenvalue weighted by atomic mass is 9.99. The number of amides is 1. The average molecular weight is 1200 g/mol. The summed E-state index contributed by atoms with van der Waals surface area (Å²) in [5.41, 5.74) is 0. The Balaban J connectivity index is 2.57. The van der Waals surface area contributed by atoms with Crippen LogP contribution >= 0.6 is 0 Å².